The molecule has 14 heavy (non-hydrogen) atoms. The van der Waals surface area contributed by atoms with Crippen molar-refractivity contribution in [2.24, 2.45) is 5.73 Å². The Bertz CT molecular complexity index is 242. The Labute approximate surface area is 84.7 Å². The third kappa shape index (κ3) is 2.71. The Balaban J connectivity index is 2.49. The van der Waals surface area contributed by atoms with Crippen molar-refractivity contribution in [1.29, 1.82) is 5.26 Å². The Hall–Kier alpha value is -1.08. The third-order valence-electron chi connectivity index (χ3n) is 2.49. The van der Waals surface area contributed by atoms with Crippen molar-refractivity contribution < 1.29 is 4.79 Å². The van der Waals surface area contributed by atoms with Gasteiger partial charge in [-0.25, -0.2) is 0 Å². The van der Waals surface area contributed by atoms with Crippen molar-refractivity contribution in [2.45, 2.75) is 44.7 Å². The summed E-state index contributed by atoms with van der Waals surface area (Å²) in [5.41, 5.74) is 5.68. The van der Waals surface area contributed by atoms with E-state index in [1.54, 1.807) is 4.90 Å². The fourth-order valence-electron chi connectivity index (χ4n) is 1.42. The standard InChI is InChI=1S/C10H17N3O/c1-2-9(12)10(14)13(7-3-6-11)8-4-5-8/h8-9H,2-5,7,12H2,1H3. The second-order valence-corrected chi connectivity index (χ2v) is 3.69. The average molecular weight is 195 g/mol. The van der Waals surface area contributed by atoms with Gasteiger partial charge in [-0.15, -0.1) is 0 Å². The first-order valence-electron chi connectivity index (χ1n) is 5.13. The van der Waals surface area contributed by atoms with Crippen LogP contribution in [0.3, 0.4) is 0 Å². The van der Waals surface area contributed by atoms with Gasteiger partial charge >= 0.3 is 0 Å². The summed E-state index contributed by atoms with van der Waals surface area (Å²) in [6, 6.07) is 2.02. The highest BCUT2D eigenvalue weighted by Crippen LogP contribution is 2.27. The molecule has 0 aromatic heterocycles. The highest BCUT2D eigenvalue weighted by molar-refractivity contribution is 5.82. The van der Waals surface area contributed by atoms with Gasteiger partial charge in [-0.2, -0.15) is 5.26 Å². The Morgan fingerprint density at radius 3 is 2.79 bits per heavy atom. The van der Waals surface area contributed by atoms with Gasteiger partial charge in [0.1, 0.15) is 0 Å². The minimum absolute atomic E-state index is 0.00486. The van der Waals surface area contributed by atoms with Gasteiger partial charge in [-0.3, -0.25) is 4.79 Å². The van der Waals surface area contributed by atoms with E-state index in [-0.39, 0.29) is 5.91 Å². The molecule has 0 saturated heterocycles. The number of nitrogens with two attached hydrogens (primary N) is 1. The first kappa shape index (κ1) is 11.0. The molecule has 0 bridgehead atoms. The van der Waals surface area contributed by atoms with Gasteiger partial charge < -0.3 is 10.6 Å². The van der Waals surface area contributed by atoms with Crippen LogP contribution in [0, 0.1) is 11.3 Å². The average Bonchev–Trinajstić information content (AvgIpc) is 3.01. The number of hydrogen-bond donors (Lipinski definition) is 1. The van der Waals surface area contributed by atoms with Crippen molar-refractivity contribution in [3.63, 3.8) is 0 Å². The minimum atomic E-state index is -0.394. The van der Waals surface area contributed by atoms with Crippen LogP contribution >= 0.6 is 0 Å². The second kappa shape index (κ2) is 4.97. The molecule has 1 fully saturated rings. The van der Waals surface area contributed by atoms with Crippen molar-refractivity contribution in [2.75, 3.05) is 6.54 Å². The lowest BCUT2D eigenvalue weighted by molar-refractivity contribution is -0.133. The van der Waals surface area contributed by atoms with Crippen LogP contribution < -0.4 is 5.73 Å². The number of nitrogens with zero attached hydrogens (tertiary/aromatic N) is 2. The Morgan fingerprint density at radius 1 is 1.71 bits per heavy atom. The third-order valence-corrected chi connectivity index (χ3v) is 2.49. The van der Waals surface area contributed by atoms with Gasteiger partial charge in [0.15, 0.2) is 0 Å². The summed E-state index contributed by atoms with van der Waals surface area (Å²) in [6.45, 7) is 2.44. The van der Waals surface area contributed by atoms with Gasteiger partial charge in [0.25, 0.3) is 0 Å². The molecule has 2 N–H and O–H groups in total. The summed E-state index contributed by atoms with van der Waals surface area (Å²) in [7, 11) is 0. The zero-order valence-corrected chi connectivity index (χ0v) is 8.57. The molecule has 0 heterocycles. The number of amides is 1. The molecular weight excluding hydrogens is 178 g/mol. The van der Waals surface area contributed by atoms with Crippen LogP contribution in [0.1, 0.15) is 32.6 Å². The summed E-state index contributed by atoms with van der Waals surface area (Å²) in [5, 5.41) is 8.48. The predicted octanol–water partition coefficient (Wildman–Crippen LogP) is 0.628. The number of carbonyl (C=O) groups excluding carboxylic acids is 1. The Kier molecular flexibility index (Phi) is 3.90. The van der Waals surface area contributed by atoms with Crippen molar-refractivity contribution >= 4 is 5.91 Å². The summed E-state index contributed by atoms with van der Waals surface area (Å²) >= 11 is 0. The Morgan fingerprint density at radius 2 is 2.36 bits per heavy atom. The van der Waals surface area contributed by atoms with Crippen molar-refractivity contribution in [3.05, 3.63) is 0 Å². The van der Waals surface area contributed by atoms with Crippen LogP contribution in [0.15, 0.2) is 0 Å². The lowest BCUT2D eigenvalue weighted by atomic mass is 10.2. The van der Waals surface area contributed by atoms with E-state index in [1.807, 2.05) is 6.92 Å². The summed E-state index contributed by atoms with van der Waals surface area (Å²) in [4.78, 5) is 13.5. The molecule has 1 rings (SSSR count). The summed E-state index contributed by atoms with van der Waals surface area (Å²) < 4.78 is 0. The van der Waals surface area contributed by atoms with Gasteiger partial charge in [0.2, 0.25) is 5.91 Å². The minimum Gasteiger partial charge on any atom is -0.337 e. The maximum absolute atomic E-state index is 11.8. The fraction of sp³-hybridized carbons (Fsp3) is 0.800. The van der Waals surface area contributed by atoms with Crippen LogP contribution in [-0.4, -0.2) is 29.4 Å². The normalized spacial score (nSPS) is 17.2. The highest BCUT2D eigenvalue weighted by atomic mass is 16.2. The van der Waals surface area contributed by atoms with Crippen LogP contribution in [0.4, 0.5) is 0 Å². The van der Waals surface area contributed by atoms with E-state index < -0.39 is 6.04 Å². The molecule has 1 amide bonds. The molecule has 1 atom stereocenters. The molecule has 1 aliphatic carbocycles. The molecule has 1 aliphatic rings. The van der Waals surface area contributed by atoms with Crippen molar-refractivity contribution in [1.82, 2.24) is 4.90 Å². The van der Waals surface area contributed by atoms with E-state index in [9.17, 15) is 4.79 Å². The number of carbonyl (C=O) groups is 1. The van der Waals surface area contributed by atoms with E-state index in [0.29, 0.717) is 25.4 Å². The van der Waals surface area contributed by atoms with E-state index in [1.165, 1.54) is 0 Å². The molecule has 4 nitrogen and oxygen atoms in total. The maximum atomic E-state index is 11.8. The molecule has 78 valence electrons. The largest absolute Gasteiger partial charge is 0.337 e. The number of hydrogen-bond acceptors (Lipinski definition) is 3. The number of rotatable bonds is 5. The topological polar surface area (TPSA) is 70.1 Å². The maximum Gasteiger partial charge on any atom is 0.239 e. The predicted molar refractivity (Wildman–Crippen MR) is 53.2 cm³/mol. The van der Waals surface area contributed by atoms with Gasteiger partial charge in [-0.1, -0.05) is 6.92 Å². The van der Waals surface area contributed by atoms with Crippen molar-refractivity contribution in [3.8, 4) is 6.07 Å². The van der Waals surface area contributed by atoms with E-state index in [0.717, 1.165) is 12.8 Å². The van der Waals surface area contributed by atoms with Gasteiger partial charge in [0, 0.05) is 12.6 Å². The molecule has 0 spiro atoms. The SMILES string of the molecule is CCC(N)C(=O)N(CCC#N)C1CC1. The lowest BCUT2D eigenvalue weighted by Crippen LogP contribution is -2.44. The molecule has 0 radical (unpaired) electrons. The molecule has 1 saturated carbocycles. The molecule has 4 heteroatoms. The molecule has 1 unspecified atom stereocenters. The quantitative estimate of drug-likeness (QED) is 0.699. The summed E-state index contributed by atoms with van der Waals surface area (Å²) in [5.74, 6) is 0.00486. The second-order valence-electron chi connectivity index (χ2n) is 3.69. The first-order valence-corrected chi connectivity index (χ1v) is 5.13. The lowest BCUT2D eigenvalue weighted by Gasteiger charge is -2.24. The van der Waals surface area contributed by atoms with Crippen LogP contribution in [0.25, 0.3) is 0 Å². The molecule has 0 aromatic rings. The van der Waals surface area contributed by atoms with Crippen LogP contribution in [0.5, 0.6) is 0 Å². The van der Waals surface area contributed by atoms with Gasteiger partial charge in [-0.05, 0) is 19.3 Å². The van der Waals surface area contributed by atoms with E-state index in [2.05, 4.69) is 6.07 Å². The van der Waals surface area contributed by atoms with E-state index >= 15 is 0 Å². The zero-order valence-electron chi connectivity index (χ0n) is 8.57. The molecule has 0 aromatic carbocycles. The van der Waals surface area contributed by atoms with Gasteiger partial charge in [0.05, 0.1) is 18.5 Å². The van der Waals surface area contributed by atoms with Crippen LogP contribution in [0.2, 0.25) is 0 Å². The van der Waals surface area contributed by atoms with Crippen LogP contribution in [-0.2, 0) is 4.79 Å². The fourth-order valence-corrected chi connectivity index (χ4v) is 1.42. The smallest absolute Gasteiger partial charge is 0.239 e. The monoisotopic (exact) mass is 195 g/mol. The molecular formula is C10H17N3O. The van der Waals surface area contributed by atoms with E-state index in [4.69, 9.17) is 11.0 Å². The highest BCUT2D eigenvalue weighted by Gasteiger charge is 2.33. The first-order chi connectivity index (χ1) is 6.70. The summed E-state index contributed by atoms with van der Waals surface area (Å²) in [6.07, 6.45) is 3.19. The molecule has 0 aliphatic heterocycles. The zero-order chi connectivity index (χ0) is 10.6. The number of nitriles is 1.